The van der Waals surface area contributed by atoms with Crippen LogP contribution in [-0.2, 0) is 4.74 Å². The largest absolute Gasteiger partial charge is 0.454 e. The number of nitrogens with zero attached hydrogens (tertiary/aromatic N) is 3. The van der Waals surface area contributed by atoms with Crippen LogP contribution in [0.25, 0.3) is 11.4 Å². The van der Waals surface area contributed by atoms with Gasteiger partial charge in [0.2, 0.25) is 5.78 Å². The number of aromatic nitrogens is 3. The Morgan fingerprint density at radius 3 is 2.24 bits per heavy atom. The van der Waals surface area contributed by atoms with Crippen LogP contribution < -0.4 is 0 Å². The highest BCUT2D eigenvalue weighted by molar-refractivity contribution is 6.33. The lowest BCUT2D eigenvalue weighted by Crippen LogP contribution is -2.15. The molecule has 2 heterocycles. The van der Waals surface area contributed by atoms with E-state index in [1.807, 2.05) is 49.6 Å². The van der Waals surface area contributed by atoms with Crippen molar-refractivity contribution in [3.05, 3.63) is 99.3 Å². The minimum atomic E-state index is -0.753. The Balaban J connectivity index is 1.52. The minimum absolute atomic E-state index is 0.0270. The number of Topliss-reactive ketones (excluding diaryl/α,β-unsaturated/α-hetero) is 1. The Bertz CT molecular complexity index is 1390. The molecule has 34 heavy (non-hydrogen) atoms. The number of rotatable bonds is 6. The fourth-order valence-corrected chi connectivity index (χ4v) is 4.25. The number of carbonyl (C=O) groups is 2. The van der Waals surface area contributed by atoms with E-state index in [-0.39, 0.29) is 16.5 Å². The molecule has 0 saturated heterocycles. The smallest absolute Gasteiger partial charge is 0.343 e. The molecule has 0 aliphatic carbocycles. The molecule has 0 saturated carbocycles. The molecule has 4 rings (SSSR count). The maximum absolute atomic E-state index is 13.2. The van der Waals surface area contributed by atoms with Gasteiger partial charge in [-0.2, -0.15) is 5.10 Å². The summed E-state index contributed by atoms with van der Waals surface area (Å²) in [7, 11) is 0. The van der Waals surface area contributed by atoms with Gasteiger partial charge in [0, 0.05) is 22.6 Å². The Morgan fingerprint density at radius 2 is 1.59 bits per heavy atom. The molecule has 2 aromatic heterocycles. The first-order valence-corrected chi connectivity index (χ1v) is 11.0. The first-order chi connectivity index (χ1) is 16.2. The number of ether oxygens (including phenoxy) is 1. The number of halogens is 2. The van der Waals surface area contributed by atoms with Crippen molar-refractivity contribution < 1.29 is 18.7 Å². The summed E-state index contributed by atoms with van der Waals surface area (Å²) in [4.78, 5) is 25.7. The molecule has 6 nitrogen and oxygen atoms in total. The van der Waals surface area contributed by atoms with E-state index in [2.05, 4.69) is 5.10 Å². The second-order valence-corrected chi connectivity index (χ2v) is 8.45. The molecule has 8 heteroatoms. The third kappa shape index (κ3) is 4.39. The van der Waals surface area contributed by atoms with Crippen LogP contribution >= 0.6 is 11.6 Å². The Hall–Kier alpha value is -3.71. The number of aryl methyl sites for hydroxylation is 3. The van der Waals surface area contributed by atoms with Crippen LogP contribution in [0.4, 0.5) is 4.39 Å². The molecule has 0 N–H and O–H groups in total. The van der Waals surface area contributed by atoms with E-state index in [4.69, 9.17) is 16.3 Å². The standard InChI is InChI=1S/C26H23ClFN3O3/c1-15-5-9-20(10-6-15)30-16(2)13-22(18(30)4)23(32)14-34-26(33)24-17(3)29-31(25(24)27)21-11-7-19(28)8-12-21/h5-13H,14H2,1-4H3. The lowest BCUT2D eigenvalue weighted by molar-refractivity contribution is 0.0474. The molecule has 0 spiro atoms. The number of esters is 1. The normalized spacial score (nSPS) is 11.0. The van der Waals surface area contributed by atoms with E-state index in [0.29, 0.717) is 16.9 Å². The molecule has 0 unspecified atom stereocenters. The average Bonchev–Trinajstić information content (AvgIpc) is 3.27. The molecule has 0 fully saturated rings. The third-order valence-corrected chi connectivity index (χ3v) is 5.99. The van der Waals surface area contributed by atoms with Gasteiger partial charge in [0.1, 0.15) is 16.5 Å². The number of carbonyl (C=O) groups excluding carboxylic acids is 2. The zero-order valence-corrected chi connectivity index (χ0v) is 20.0. The molecule has 0 bridgehead atoms. The quantitative estimate of drug-likeness (QED) is 0.262. The zero-order chi connectivity index (χ0) is 24.6. The average molecular weight is 480 g/mol. The predicted octanol–water partition coefficient (Wildman–Crippen LogP) is 5.73. The van der Waals surface area contributed by atoms with Crippen molar-refractivity contribution in [3.63, 3.8) is 0 Å². The Kier molecular flexibility index (Phi) is 6.39. The Morgan fingerprint density at radius 1 is 0.971 bits per heavy atom. The number of benzene rings is 2. The molecule has 0 aliphatic heterocycles. The maximum atomic E-state index is 13.2. The first-order valence-electron chi connectivity index (χ1n) is 10.6. The first kappa shape index (κ1) is 23.4. The number of ketones is 1. The van der Waals surface area contributed by atoms with Gasteiger partial charge in [0.25, 0.3) is 0 Å². The van der Waals surface area contributed by atoms with Gasteiger partial charge in [-0.15, -0.1) is 0 Å². The van der Waals surface area contributed by atoms with E-state index >= 15 is 0 Å². The van der Waals surface area contributed by atoms with Crippen molar-refractivity contribution in [2.45, 2.75) is 27.7 Å². The van der Waals surface area contributed by atoms with Crippen molar-refractivity contribution in [1.29, 1.82) is 0 Å². The summed E-state index contributed by atoms with van der Waals surface area (Å²) in [5.41, 5.74) is 5.13. The van der Waals surface area contributed by atoms with Crippen LogP contribution in [0.3, 0.4) is 0 Å². The molecule has 0 amide bonds. The predicted molar refractivity (Wildman–Crippen MR) is 128 cm³/mol. The van der Waals surface area contributed by atoms with Crippen molar-refractivity contribution >= 4 is 23.4 Å². The third-order valence-electron chi connectivity index (χ3n) is 5.64. The summed E-state index contributed by atoms with van der Waals surface area (Å²) in [5, 5.41) is 4.29. The number of hydrogen-bond donors (Lipinski definition) is 0. The fraction of sp³-hybridized carbons (Fsp3) is 0.192. The molecule has 0 radical (unpaired) electrons. The molecular weight excluding hydrogens is 457 g/mol. The highest BCUT2D eigenvalue weighted by Gasteiger charge is 2.24. The topological polar surface area (TPSA) is 66.1 Å². The van der Waals surface area contributed by atoms with E-state index in [1.54, 1.807) is 13.0 Å². The molecular formula is C26H23ClFN3O3. The molecule has 0 aliphatic rings. The van der Waals surface area contributed by atoms with Crippen molar-refractivity contribution in [1.82, 2.24) is 14.3 Å². The molecule has 174 valence electrons. The van der Waals surface area contributed by atoms with Crippen molar-refractivity contribution in [2.75, 3.05) is 6.61 Å². The van der Waals surface area contributed by atoms with Crippen LogP contribution in [0.5, 0.6) is 0 Å². The van der Waals surface area contributed by atoms with Crippen molar-refractivity contribution in [2.24, 2.45) is 0 Å². The van der Waals surface area contributed by atoms with Gasteiger partial charge < -0.3 is 9.30 Å². The lowest BCUT2D eigenvalue weighted by atomic mass is 10.1. The maximum Gasteiger partial charge on any atom is 0.343 e. The summed E-state index contributed by atoms with van der Waals surface area (Å²) >= 11 is 6.38. The van der Waals surface area contributed by atoms with Crippen molar-refractivity contribution in [3.8, 4) is 11.4 Å². The van der Waals surface area contributed by atoms with Crippen LogP contribution in [0.2, 0.25) is 5.15 Å². The Labute approximate surface area is 201 Å². The van der Waals surface area contributed by atoms with Crippen LogP contribution in [0.15, 0.2) is 54.6 Å². The van der Waals surface area contributed by atoms with E-state index in [9.17, 15) is 14.0 Å². The van der Waals surface area contributed by atoms with Gasteiger partial charge in [-0.25, -0.2) is 13.9 Å². The zero-order valence-electron chi connectivity index (χ0n) is 19.2. The summed E-state index contributed by atoms with van der Waals surface area (Å²) in [5.74, 6) is -1.47. The fourth-order valence-electron chi connectivity index (χ4n) is 3.90. The molecule has 2 aromatic carbocycles. The molecule has 4 aromatic rings. The van der Waals surface area contributed by atoms with Gasteiger partial charge in [0.15, 0.2) is 6.61 Å². The monoisotopic (exact) mass is 479 g/mol. The van der Waals surface area contributed by atoms with Gasteiger partial charge in [-0.1, -0.05) is 29.3 Å². The second-order valence-electron chi connectivity index (χ2n) is 8.09. The van der Waals surface area contributed by atoms with Crippen LogP contribution in [0, 0.1) is 33.5 Å². The summed E-state index contributed by atoms with van der Waals surface area (Å²) in [6, 6.07) is 15.3. The number of hydrogen-bond acceptors (Lipinski definition) is 4. The SMILES string of the molecule is Cc1ccc(-n2c(C)cc(C(=O)COC(=O)c3c(C)nn(-c4ccc(F)cc4)c3Cl)c2C)cc1. The molecule has 0 atom stereocenters. The highest BCUT2D eigenvalue weighted by atomic mass is 35.5. The van der Waals surface area contributed by atoms with Gasteiger partial charge >= 0.3 is 5.97 Å². The summed E-state index contributed by atoms with van der Waals surface area (Å²) < 4.78 is 21.8. The van der Waals surface area contributed by atoms with E-state index in [1.165, 1.54) is 28.9 Å². The van der Waals surface area contributed by atoms with Crippen LogP contribution in [0.1, 0.15) is 43.4 Å². The highest BCUT2D eigenvalue weighted by Crippen LogP contribution is 2.25. The van der Waals surface area contributed by atoms with E-state index in [0.717, 1.165) is 22.6 Å². The van der Waals surface area contributed by atoms with Gasteiger partial charge in [0.05, 0.1) is 11.4 Å². The summed E-state index contributed by atoms with van der Waals surface area (Å²) in [6.45, 7) is 6.96. The van der Waals surface area contributed by atoms with Crippen LogP contribution in [-0.4, -0.2) is 32.7 Å². The van der Waals surface area contributed by atoms with Gasteiger partial charge in [-0.05, 0) is 70.2 Å². The van der Waals surface area contributed by atoms with E-state index < -0.39 is 18.4 Å². The van der Waals surface area contributed by atoms with Gasteiger partial charge in [-0.3, -0.25) is 4.79 Å². The minimum Gasteiger partial charge on any atom is -0.454 e. The summed E-state index contributed by atoms with van der Waals surface area (Å²) in [6.07, 6.45) is 0. The second kappa shape index (κ2) is 9.27. The lowest BCUT2D eigenvalue weighted by Gasteiger charge is -2.10.